The van der Waals surface area contributed by atoms with Crippen LogP contribution < -0.4 is 5.32 Å². The Hall–Kier alpha value is -2.78. The molecule has 2 rings (SSSR count). The maximum Gasteiger partial charge on any atom is 0.328 e. The van der Waals surface area contributed by atoms with E-state index in [1.807, 2.05) is 30.3 Å². The van der Waals surface area contributed by atoms with Gasteiger partial charge in [0.1, 0.15) is 11.9 Å². The molecule has 1 N–H and O–H groups in total. The van der Waals surface area contributed by atoms with Gasteiger partial charge in [0.25, 0.3) is 0 Å². The largest absolute Gasteiger partial charge is 0.464 e. The summed E-state index contributed by atoms with van der Waals surface area (Å²) in [5, 5.41) is 2.68. The van der Waals surface area contributed by atoms with Crippen molar-refractivity contribution in [3.8, 4) is 0 Å². The molecule has 1 unspecified atom stereocenters. The number of nitrogens with one attached hydrogen (secondary N) is 1. The van der Waals surface area contributed by atoms with Crippen LogP contribution in [0.15, 0.2) is 59.5 Å². The van der Waals surface area contributed by atoms with Crippen molar-refractivity contribution in [2.45, 2.75) is 37.1 Å². The van der Waals surface area contributed by atoms with Crippen molar-refractivity contribution in [1.29, 1.82) is 0 Å². The van der Waals surface area contributed by atoms with Gasteiger partial charge in [-0.15, -0.1) is 0 Å². The van der Waals surface area contributed by atoms with Gasteiger partial charge in [0, 0.05) is 26.4 Å². The molecule has 7 nitrogen and oxygen atoms in total. The maximum atomic E-state index is 13.0. The van der Waals surface area contributed by atoms with Gasteiger partial charge in [-0.25, -0.2) is 21.9 Å². The molecule has 0 bridgehead atoms. The first-order chi connectivity index (χ1) is 14.7. The lowest BCUT2D eigenvalue weighted by Gasteiger charge is -2.19. The average Bonchev–Trinajstić information content (AvgIpc) is 2.74. The van der Waals surface area contributed by atoms with Crippen LogP contribution in [0.2, 0.25) is 0 Å². The van der Waals surface area contributed by atoms with E-state index in [0.29, 0.717) is 6.42 Å². The fourth-order valence-corrected chi connectivity index (χ4v) is 4.13. The second-order valence-electron chi connectivity index (χ2n) is 6.95. The monoisotopic (exact) mass is 450 g/mol. The molecule has 1 amide bonds. The number of carbonyl (C=O) groups excluding carboxylic acids is 2. The lowest BCUT2D eigenvalue weighted by atomic mass is 10.1. The number of sulfonamides is 1. The van der Waals surface area contributed by atoms with Gasteiger partial charge in [-0.05, 0) is 43.2 Å². The van der Waals surface area contributed by atoms with Crippen molar-refractivity contribution in [1.82, 2.24) is 9.62 Å². The number of carbonyl (C=O) groups is 2. The summed E-state index contributed by atoms with van der Waals surface area (Å²) in [5.74, 6) is -1.41. The number of hydrogen-bond donors (Lipinski definition) is 1. The Labute approximate surface area is 182 Å². The summed E-state index contributed by atoms with van der Waals surface area (Å²) >= 11 is 0. The standard InChI is InChI=1S/C22H27FN2O5S/c1-3-30-22(27)20(16-17-8-5-4-6-9-17)24-21(26)10-7-15-25(2)31(28,29)19-13-11-18(23)12-14-19/h4-6,8-9,11-14,20H,3,7,10,15-16H2,1-2H3,(H,24,26). The minimum absolute atomic E-state index is 0.0221. The van der Waals surface area contributed by atoms with Gasteiger partial charge in [-0.3, -0.25) is 4.79 Å². The van der Waals surface area contributed by atoms with Crippen LogP contribution >= 0.6 is 0 Å². The van der Waals surface area contributed by atoms with E-state index in [0.717, 1.165) is 22.0 Å². The first kappa shape index (κ1) is 24.5. The number of esters is 1. The van der Waals surface area contributed by atoms with E-state index in [-0.39, 0.29) is 36.8 Å². The molecule has 2 aromatic carbocycles. The molecule has 0 aromatic heterocycles. The minimum Gasteiger partial charge on any atom is -0.464 e. The molecule has 0 spiro atoms. The zero-order chi connectivity index (χ0) is 22.9. The number of amides is 1. The van der Waals surface area contributed by atoms with Crippen molar-refractivity contribution in [2.75, 3.05) is 20.2 Å². The number of rotatable bonds is 11. The van der Waals surface area contributed by atoms with Crippen LogP contribution in [-0.4, -0.2) is 50.8 Å². The van der Waals surface area contributed by atoms with Gasteiger partial charge in [0.15, 0.2) is 0 Å². The first-order valence-electron chi connectivity index (χ1n) is 9.96. The van der Waals surface area contributed by atoms with Gasteiger partial charge in [0.2, 0.25) is 15.9 Å². The Morgan fingerprint density at radius 2 is 1.74 bits per heavy atom. The molecular weight excluding hydrogens is 423 g/mol. The van der Waals surface area contributed by atoms with Crippen LogP contribution in [0.4, 0.5) is 4.39 Å². The quantitative estimate of drug-likeness (QED) is 0.531. The minimum atomic E-state index is -3.78. The Kier molecular flexibility index (Phi) is 9.14. The summed E-state index contributed by atoms with van der Waals surface area (Å²) in [7, 11) is -2.38. The molecule has 1 atom stereocenters. The third-order valence-electron chi connectivity index (χ3n) is 4.59. The van der Waals surface area contributed by atoms with Crippen LogP contribution in [0.3, 0.4) is 0 Å². The Bertz CT molecular complexity index is 965. The summed E-state index contributed by atoms with van der Waals surface area (Å²) < 4.78 is 44.2. The van der Waals surface area contributed by atoms with Crippen LogP contribution in [0.25, 0.3) is 0 Å². The maximum absolute atomic E-state index is 13.0. The highest BCUT2D eigenvalue weighted by molar-refractivity contribution is 7.89. The second-order valence-corrected chi connectivity index (χ2v) is 8.99. The van der Waals surface area contributed by atoms with E-state index in [1.165, 1.54) is 19.2 Å². The van der Waals surface area contributed by atoms with Crippen LogP contribution in [0, 0.1) is 5.82 Å². The van der Waals surface area contributed by atoms with E-state index in [9.17, 15) is 22.4 Å². The summed E-state index contributed by atoms with van der Waals surface area (Å²) in [4.78, 5) is 24.6. The second kappa shape index (κ2) is 11.6. The number of ether oxygens (including phenoxy) is 1. The topological polar surface area (TPSA) is 92.8 Å². The number of hydrogen-bond acceptors (Lipinski definition) is 5. The van der Waals surface area contributed by atoms with Gasteiger partial charge in [-0.2, -0.15) is 0 Å². The van der Waals surface area contributed by atoms with Crippen molar-refractivity contribution in [3.05, 3.63) is 66.0 Å². The molecule has 0 aliphatic rings. The normalized spacial score (nSPS) is 12.4. The highest BCUT2D eigenvalue weighted by atomic mass is 32.2. The Balaban J connectivity index is 1.90. The lowest BCUT2D eigenvalue weighted by Crippen LogP contribution is -2.43. The summed E-state index contributed by atoms with van der Waals surface area (Å²) in [6.07, 6.45) is 0.585. The van der Waals surface area contributed by atoms with E-state index in [1.54, 1.807) is 6.92 Å². The number of halogens is 1. The number of benzene rings is 2. The van der Waals surface area contributed by atoms with Gasteiger partial charge in [-0.1, -0.05) is 30.3 Å². The fourth-order valence-electron chi connectivity index (χ4n) is 2.92. The lowest BCUT2D eigenvalue weighted by molar-refractivity contribution is -0.147. The Morgan fingerprint density at radius 1 is 1.10 bits per heavy atom. The molecule has 9 heteroatoms. The third-order valence-corrected chi connectivity index (χ3v) is 6.46. The molecule has 168 valence electrons. The summed E-state index contributed by atoms with van der Waals surface area (Å²) in [6, 6.07) is 13.0. The van der Waals surface area contributed by atoms with Crippen molar-refractivity contribution in [2.24, 2.45) is 0 Å². The summed E-state index contributed by atoms with van der Waals surface area (Å²) in [5.41, 5.74) is 0.881. The predicted octanol–water partition coefficient (Wildman–Crippen LogP) is 2.52. The van der Waals surface area contributed by atoms with Crippen LogP contribution in [0.5, 0.6) is 0 Å². The molecular formula is C22H27FN2O5S. The number of nitrogens with zero attached hydrogens (tertiary/aromatic N) is 1. The first-order valence-corrected chi connectivity index (χ1v) is 11.4. The zero-order valence-electron chi connectivity index (χ0n) is 17.6. The van der Waals surface area contributed by atoms with E-state index < -0.39 is 27.9 Å². The highest BCUT2D eigenvalue weighted by Gasteiger charge is 2.24. The predicted molar refractivity (Wildman–Crippen MR) is 114 cm³/mol. The molecule has 0 radical (unpaired) electrons. The van der Waals surface area contributed by atoms with Gasteiger partial charge in [0.05, 0.1) is 11.5 Å². The molecule has 0 saturated heterocycles. The molecule has 0 aliphatic carbocycles. The molecule has 0 heterocycles. The smallest absolute Gasteiger partial charge is 0.328 e. The molecule has 0 aliphatic heterocycles. The zero-order valence-corrected chi connectivity index (χ0v) is 18.4. The molecule has 0 saturated carbocycles. The van der Waals surface area contributed by atoms with Crippen LogP contribution in [0.1, 0.15) is 25.3 Å². The van der Waals surface area contributed by atoms with Crippen molar-refractivity contribution < 1.29 is 27.1 Å². The van der Waals surface area contributed by atoms with E-state index >= 15 is 0 Å². The van der Waals surface area contributed by atoms with Crippen LogP contribution in [-0.2, 0) is 30.8 Å². The molecule has 0 fully saturated rings. The van der Waals surface area contributed by atoms with E-state index in [4.69, 9.17) is 4.74 Å². The fraction of sp³-hybridized carbons (Fsp3) is 0.364. The Morgan fingerprint density at radius 3 is 2.35 bits per heavy atom. The summed E-state index contributed by atoms with van der Waals surface area (Å²) in [6.45, 7) is 1.98. The third kappa shape index (κ3) is 7.45. The van der Waals surface area contributed by atoms with Crippen molar-refractivity contribution >= 4 is 21.9 Å². The van der Waals surface area contributed by atoms with Crippen molar-refractivity contribution in [3.63, 3.8) is 0 Å². The molecule has 2 aromatic rings. The highest BCUT2D eigenvalue weighted by Crippen LogP contribution is 2.15. The van der Waals surface area contributed by atoms with Gasteiger partial charge < -0.3 is 10.1 Å². The van der Waals surface area contributed by atoms with E-state index in [2.05, 4.69) is 5.32 Å². The molecule has 31 heavy (non-hydrogen) atoms. The average molecular weight is 451 g/mol. The van der Waals surface area contributed by atoms with Gasteiger partial charge >= 0.3 is 5.97 Å². The SMILES string of the molecule is CCOC(=O)C(Cc1ccccc1)NC(=O)CCCN(C)S(=O)(=O)c1ccc(F)cc1.